The molecule has 1 aliphatic heterocycles. The third kappa shape index (κ3) is 3.47. The highest BCUT2D eigenvalue weighted by Gasteiger charge is 2.30. The molecule has 1 saturated heterocycles. The molecule has 142 valence electrons. The van der Waals surface area contributed by atoms with Crippen LogP contribution >= 0.6 is 0 Å². The van der Waals surface area contributed by atoms with E-state index in [2.05, 4.69) is 27.3 Å². The molecule has 4 nitrogen and oxygen atoms in total. The van der Waals surface area contributed by atoms with Crippen molar-refractivity contribution in [3.05, 3.63) is 66.4 Å². The summed E-state index contributed by atoms with van der Waals surface area (Å²) in [5, 5.41) is 3.99. The van der Waals surface area contributed by atoms with Crippen LogP contribution in [0, 0.1) is 11.8 Å². The number of piperidine rings is 1. The fourth-order valence-electron chi connectivity index (χ4n) is 4.81. The number of aromatic nitrogens is 1. The van der Waals surface area contributed by atoms with Gasteiger partial charge in [0.25, 0.3) is 5.91 Å². The largest absolute Gasteiger partial charge is 0.371 e. The normalized spacial score (nSPS) is 21.5. The molecule has 0 radical (unpaired) electrons. The summed E-state index contributed by atoms with van der Waals surface area (Å²) in [5.74, 6) is 1.59. The van der Waals surface area contributed by atoms with E-state index < -0.39 is 0 Å². The Hall–Kier alpha value is -2.88. The molecule has 1 aromatic heterocycles. The van der Waals surface area contributed by atoms with Gasteiger partial charge in [0.15, 0.2) is 0 Å². The highest BCUT2D eigenvalue weighted by molar-refractivity contribution is 6.05. The van der Waals surface area contributed by atoms with Gasteiger partial charge in [0.1, 0.15) is 0 Å². The molecule has 1 aliphatic carbocycles. The average molecular weight is 371 g/mol. The number of benzene rings is 2. The predicted octanol–water partition coefficient (Wildman–Crippen LogP) is 5.11. The minimum absolute atomic E-state index is 0.0980. The summed E-state index contributed by atoms with van der Waals surface area (Å²) >= 11 is 0. The summed E-state index contributed by atoms with van der Waals surface area (Å²) < 4.78 is 0. The molecule has 0 spiro atoms. The number of fused-ring (bicyclic) bond motifs is 3. The first-order valence-electron chi connectivity index (χ1n) is 10.3. The number of anilines is 2. The Kier molecular flexibility index (Phi) is 4.47. The van der Waals surface area contributed by atoms with Gasteiger partial charge in [-0.2, -0.15) is 0 Å². The van der Waals surface area contributed by atoms with Crippen LogP contribution in [0.2, 0.25) is 0 Å². The van der Waals surface area contributed by atoms with Gasteiger partial charge in [-0.25, -0.2) is 0 Å². The predicted molar refractivity (Wildman–Crippen MR) is 114 cm³/mol. The van der Waals surface area contributed by atoms with E-state index in [9.17, 15) is 4.79 Å². The molecule has 1 amide bonds. The zero-order valence-corrected chi connectivity index (χ0v) is 16.0. The van der Waals surface area contributed by atoms with Gasteiger partial charge in [-0.3, -0.25) is 9.78 Å². The molecule has 3 aromatic rings. The van der Waals surface area contributed by atoms with E-state index in [1.807, 2.05) is 42.5 Å². The molecule has 2 aromatic carbocycles. The molecule has 2 aliphatic rings. The van der Waals surface area contributed by atoms with Crippen molar-refractivity contribution in [1.82, 2.24) is 4.98 Å². The van der Waals surface area contributed by atoms with E-state index in [1.54, 1.807) is 6.20 Å². The van der Waals surface area contributed by atoms with Gasteiger partial charge in [0.05, 0.1) is 17.4 Å². The number of carbonyl (C=O) groups excluding carboxylic acids is 1. The molecule has 5 rings (SSSR count). The van der Waals surface area contributed by atoms with E-state index in [4.69, 9.17) is 0 Å². The Bertz CT molecular complexity index is 986. The molecule has 2 bridgehead atoms. The van der Waals surface area contributed by atoms with E-state index in [1.165, 1.54) is 31.4 Å². The Labute approximate surface area is 165 Å². The lowest BCUT2D eigenvalue weighted by atomic mass is 9.78. The van der Waals surface area contributed by atoms with Crippen LogP contribution in [0.4, 0.5) is 11.4 Å². The standard InChI is InChI=1S/C24H25N3O/c28-24(26-21-13-20-6-1-2-7-23(20)25-14-21)19-8-10-22(11-9-19)27-15-17-4-3-5-18(12-17)16-27/h1-2,6-11,13-14,17-18H,3-5,12,15-16H2,(H,26,28). The molecule has 4 heteroatoms. The first-order chi connectivity index (χ1) is 13.7. The van der Waals surface area contributed by atoms with Crippen LogP contribution in [-0.2, 0) is 0 Å². The van der Waals surface area contributed by atoms with Crippen molar-refractivity contribution >= 4 is 28.2 Å². The summed E-state index contributed by atoms with van der Waals surface area (Å²) in [6, 6.07) is 17.9. The average Bonchev–Trinajstić information content (AvgIpc) is 2.73. The Morgan fingerprint density at radius 3 is 2.54 bits per heavy atom. The third-order valence-corrected chi connectivity index (χ3v) is 6.19. The maximum absolute atomic E-state index is 12.6. The molecule has 1 N–H and O–H groups in total. The fourth-order valence-corrected chi connectivity index (χ4v) is 4.81. The van der Waals surface area contributed by atoms with Crippen molar-refractivity contribution in [2.75, 3.05) is 23.3 Å². The lowest BCUT2D eigenvalue weighted by Crippen LogP contribution is -2.42. The van der Waals surface area contributed by atoms with E-state index >= 15 is 0 Å². The van der Waals surface area contributed by atoms with Gasteiger partial charge in [-0.15, -0.1) is 0 Å². The van der Waals surface area contributed by atoms with Crippen LogP contribution in [0.1, 0.15) is 36.0 Å². The van der Waals surface area contributed by atoms with Crippen LogP contribution in [-0.4, -0.2) is 24.0 Å². The minimum Gasteiger partial charge on any atom is -0.371 e. The molecule has 1 saturated carbocycles. The smallest absolute Gasteiger partial charge is 0.255 e. The lowest BCUT2D eigenvalue weighted by molar-refractivity contribution is 0.102. The maximum atomic E-state index is 12.6. The lowest BCUT2D eigenvalue weighted by Gasteiger charge is -2.42. The number of nitrogens with one attached hydrogen (secondary N) is 1. The number of amides is 1. The number of rotatable bonds is 3. The van der Waals surface area contributed by atoms with Crippen molar-refractivity contribution in [2.24, 2.45) is 11.8 Å². The van der Waals surface area contributed by atoms with Crippen LogP contribution in [0.25, 0.3) is 10.9 Å². The van der Waals surface area contributed by atoms with Crippen molar-refractivity contribution in [1.29, 1.82) is 0 Å². The molecule has 28 heavy (non-hydrogen) atoms. The van der Waals surface area contributed by atoms with Gasteiger partial charge >= 0.3 is 0 Å². The number of nitrogens with zero attached hydrogens (tertiary/aromatic N) is 2. The van der Waals surface area contributed by atoms with Crippen LogP contribution in [0.15, 0.2) is 60.8 Å². The zero-order chi connectivity index (χ0) is 18.9. The van der Waals surface area contributed by atoms with E-state index in [0.717, 1.165) is 41.5 Å². The zero-order valence-electron chi connectivity index (χ0n) is 16.0. The van der Waals surface area contributed by atoms with Gasteiger partial charge in [-0.05, 0) is 67.5 Å². The highest BCUT2D eigenvalue weighted by atomic mass is 16.1. The second kappa shape index (κ2) is 7.27. The quantitative estimate of drug-likeness (QED) is 0.695. The van der Waals surface area contributed by atoms with Crippen molar-refractivity contribution in [3.8, 4) is 0 Å². The monoisotopic (exact) mass is 371 g/mol. The summed E-state index contributed by atoms with van der Waals surface area (Å²) in [4.78, 5) is 19.6. The van der Waals surface area contributed by atoms with Crippen LogP contribution in [0.5, 0.6) is 0 Å². The SMILES string of the molecule is O=C(Nc1cnc2ccccc2c1)c1ccc(N2CC3CCCC(C3)C2)cc1. The number of carbonyl (C=O) groups is 1. The third-order valence-electron chi connectivity index (χ3n) is 6.19. The molecule has 2 atom stereocenters. The van der Waals surface area contributed by atoms with Crippen molar-refractivity contribution in [2.45, 2.75) is 25.7 Å². The molecule has 2 unspecified atom stereocenters. The fraction of sp³-hybridized carbons (Fsp3) is 0.333. The van der Waals surface area contributed by atoms with Gasteiger partial charge < -0.3 is 10.2 Å². The molecule has 2 heterocycles. The summed E-state index contributed by atoms with van der Waals surface area (Å²) in [6.07, 6.45) is 7.24. The summed E-state index contributed by atoms with van der Waals surface area (Å²) in [5.41, 5.74) is 3.56. The topological polar surface area (TPSA) is 45.2 Å². The van der Waals surface area contributed by atoms with Crippen molar-refractivity contribution in [3.63, 3.8) is 0 Å². The molecular weight excluding hydrogens is 346 g/mol. The van der Waals surface area contributed by atoms with Gasteiger partial charge in [-0.1, -0.05) is 24.6 Å². The second-order valence-electron chi connectivity index (χ2n) is 8.22. The highest BCUT2D eigenvalue weighted by Crippen LogP contribution is 2.36. The first kappa shape index (κ1) is 17.2. The Balaban J connectivity index is 1.29. The van der Waals surface area contributed by atoms with Gasteiger partial charge in [0.2, 0.25) is 0 Å². The van der Waals surface area contributed by atoms with Crippen molar-refractivity contribution < 1.29 is 4.79 Å². The van der Waals surface area contributed by atoms with E-state index in [0.29, 0.717) is 5.56 Å². The Morgan fingerprint density at radius 2 is 1.75 bits per heavy atom. The Morgan fingerprint density at radius 1 is 1.00 bits per heavy atom. The number of para-hydroxylation sites is 1. The minimum atomic E-state index is -0.0980. The number of pyridine rings is 1. The first-order valence-corrected chi connectivity index (χ1v) is 10.3. The van der Waals surface area contributed by atoms with Gasteiger partial charge in [0, 0.05) is 29.7 Å². The van der Waals surface area contributed by atoms with Crippen LogP contribution < -0.4 is 10.2 Å². The molecular formula is C24H25N3O. The second-order valence-corrected chi connectivity index (χ2v) is 8.22. The van der Waals surface area contributed by atoms with Crippen LogP contribution in [0.3, 0.4) is 0 Å². The number of hydrogen-bond donors (Lipinski definition) is 1. The number of hydrogen-bond acceptors (Lipinski definition) is 3. The molecule has 2 fully saturated rings. The summed E-state index contributed by atoms with van der Waals surface area (Å²) in [7, 11) is 0. The maximum Gasteiger partial charge on any atom is 0.255 e. The van der Waals surface area contributed by atoms with E-state index in [-0.39, 0.29) is 5.91 Å². The summed E-state index contributed by atoms with van der Waals surface area (Å²) in [6.45, 7) is 2.32.